The second kappa shape index (κ2) is 5.50. The molecule has 0 aromatic heterocycles. The van der Waals surface area contributed by atoms with Crippen LogP contribution in [-0.4, -0.2) is 41.8 Å². The molecule has 1 aromatic carbocycles. The number of aryl methyl sites for hydroxylation is 1. The molecule has 2 rings (SSSR count). The Bertz CT molecular complexity index is 416. The lowest BCUT2D eigenvalue weighted by Crippen LogP contribution is -2.36. The summed E-state index contributed by atoms with van der Waals surface area (Å²) >= 11 is 0. The van der Waals surface area contributed by atoms with Crippen molar-refractivity contribution >= 4 is 5.97 Å². The predicted molar refractivity (Wildman–Crippen MR) is 68.0 cm³/mol. The Kier molecular flexibility index (Phi) is 3.99. The van der Waals surface area contributed by atoms with E-state index in [-0.39, 0.29) is 12.0 Å². The van der Waals surface area contributed by atoms with E-state index in [9.17, 15) is 9.90 Å². The van der Waals surface area contributed by atoms with Gasteiger partial charge >= 0.3 is 5.97 Å². The van der Waals surface area contributed by atoms with Crippen LogP contribution in [0.4, 0.5) is 0 Å². The number of hydrogen-bond donors (Lipinski definition) is 1. The molecule has 18 heavy (non-hydrogen) atoms. The Morgan fingerprint density at radius 2 is 2.11 bits per heavy atom. The second-order valence-electron chi connectivity index (χ2n) is 4.84. The first kappa shape index (κ1) is 13.1. The molecule has 2 unspecified atom stereocenters. The summed E-state index contributed by atoms with van der Waals surface area (Å²) in [5.41, 5.74) is 2.35. The molecule has 0 bridgehead atoms. The fourth-order valence-corrected chi connectivity index (χ4v) is 2.36. The summed E-state index contributed by atoms with van der Waals surface area (Å²) in [6.07, 6.45) is 0.0120. The number of likely N-dealkylation sites (tertiary alicyclic amines) is 1. The molecule has 0 amide bonds. The normalized spacial score (nSPS) is 24.2. The van der Waals surface area contributed by atoms with Crippen molar-refractivity contribution in [3.05, 3.63) is 35.4 Å². The third kappa shape index (κ3) is 2.89. The predicted octanol–water partition coefficient (Wildman–Crippen LogP) is 1.10. The summed E-state index contributed by atoms with van der Waals surface area (Å²) < 4.78 is 4.78. The number of nitrogens with zero attached hydrogens (tertiary/aromatic N) is 1. The lowest BCUT2D eigenvalue weighted by molar-refractivity contribution is -0.146. The van der Waals surface area contributed by atoms with Gasteiger partial charge in [0.15, 0.2) is 0 Å². The van der Waals surface area contributed by atoms with E-state index in [1.165, 1.54) is 12.7 Å². The number of rotatable bonds is 3. The van der Waals surface area contributed by atoms with Crippen molar-refractivity contribution in [2.45, 2.75) is 32.0 Å². The number of carbonyl (C=O) groups is 1. The molecule has 1 saturated heterocycles. The van der Waals surface area contributed by atoms with Gasteiger partial charge in [0.25, 0.3) is 0 Å². The first-order valence-corrected chi connectivity index (χ1v) is 6.15. The number of methoxy groups -OCH3 is 1. The van der Waals surface area contributed by atoms with Crippen LogP contribution in [0.1, 0.15) is 17.5 Å². The number of carbonyl (C=O) groups excluding carboxylic acids is 1. The fraction of sp³-hybridized carbons (Fsp3) is 0.500. The van der Waals surface area contributed by atoms with Crippen LogP contribution in [0.15, 0.2) is 24.3 Å². The van der Waals surface area contributed by atoms with Crippen molar-refractivity contribution in [1.82, 2.24) is 4.90 Å². The van der Waals surface area contributed by atoms with Gasteiger partial charge in [-0.2, -0.15) is 0 Å². The van der Waals surface area contributed by atoms with Gasteiger partial charge in [-0.3, -0.25) is 9.69 Å². The van der Waals surface area contributed by atoms with Crippen LogP contribution in [0.2, 0.25) is 0 Å². The summed E-state index contributed by atoms with van der Waals surface area (Å²) in [5, 5.41) is 9.69. The average molecular weight is 249 g/mol. The number of esters is 1. The van der Waals surface area contributed by atoms with Crippen LogP contribution in [-0.2, 0) is 16.1 Å². The molecule has 1 aliphatic rings. The molecule has 0 radical (unpaired) electrons. The highest BCUT2D eigenvalue weighted by Gasteiger charge is 2.36. The van der Waals surface area contributed by atoms with E-state index in [1.807, 2.05) is 24.0 Å². The highest BCUT2D eigenvalue weighted by atomic mass is 16.5. The molecule has 1 aliphatic heterocycles. The zero-order chi connectivity index (χ0) is 13.1. The summed E-state index contributed by atoms with van der Waals surface area (Å²) in [5.74, 6) is -0.265. The largest absolute Gasteiger partial charge is 0.468 e. The van der Waals surface area contributed by atoms with Gasteiger partial charge in [0.05, 0.1) is 13.2 Å². The maximum Gasteiger partial charge on any atom is 0.323 e. The Morgan fingerprint density at radius 3 is 2.72 bits per heavy atom. The molecule has 98 valence electrons. The van der Waals surface area contributed by atoms with Gasteiger partial charge in [-0.1, -0.05) is 29.8 Å². The van der Waals surface area contributed by atoms with Gasteiger partial charge in [-0.25, -0.2) is 0 Å². The number of β-amino-alcohol motifs (C(OH)–C–C–N with tert-alkyl or cyclic N) is 1. The van der Waals surface area contributed by atoms with Crippen molar-refractivity contribution in [2.24, 2.45) is 0 Å². The van der Waals surface area contributed by atoms with Crippen molar-refractivity contribution in [3.63, 3.8) is 0 Å². The molecule has 2 atom stereocenters. The van der Waals surface area contributed by atoms with Gasteiger partial charge in [-0.15, -0.1) is 0 Å². The Labute approximate surface area is 107 Å². The van der Waals surface area contributed by atoms with Crippen LogP contribution in [0.5, 0.6) is 0 Å². The summed E-state index contributed by atoms with van der Waals surface area (Å²) in [6, 6.07) is 7.87. The SMILES string of the molecule is COC(=O)C1CC(O)CN1Cc1ccc(C)cc1. The molecule has 4 nitrogen and oxygen atoms in total. The van der Waals surface area contributed by atoms with Gasteiger partial charge in [0, 0.05) is 19.5 Å². The zero-order valence-corrected chi connectivity index (χ0v) is 10.8. The standard InChI is InChI=1S/C14H19NO3/c1-10-3-5-11(6-4-10)8-15-9-12(16)7-13(15)14(17)18-2/h3-6,12-13,16H,7-9H2,1-2H3. The monoisotopic (exact) mass is 249 g/mol. The minimum Gasteiger partial charge on any atom is -0.468 e. The highest BCUT2D eigenvalue weighted by Crippen LogP contribution is 2.21. The molecular weight excluding hydrogens is 230 g/mol. The fourth-order valence-electron chi connectivity index (χ4n) is 2.36. The number of benzene rings is 1. The maximum atomic E-state index is 11.6. The smallest absolute Gasteiger partial charge is 0.323 e. The first-order valence-electron chi connectivity index (χ1n) is 6.15. The van der Waals surface area contributed by atoms with E-state index < -0.39 is 6.10 Å². The molecule has 0 saturated carbocycles. The highest BCUT2D eigenvalue weighted by molar-refractivity contribution is 5.76. The van der Waals surface area contributed by atoms with Crippen molar-refractivity contribution in [1.29, 1.82) is 0 Å². The van der Waals surface area contributed by atoms with Crippen LogP contribution in [0.25, 0.3) is 0 Å². The van der Waals surface area contributed by atoms with Crippen molar-refractivity contribution in [2.75, 3.05) is 13.7 Å². The van der Waals surface area contributed by atoms with E-state index in [2.05, 4.69) is 12.1 Å². The first-order chi connectivity index (χ1) is 8.60. The molecule has 4 heteroatoms. The topological polar surface area (TPSA) is 49.8 Å². The van der Waals surface area contributed by atoms with E-state index in [1.54, 1.807) is 0 Å². The second-order valence-corrected chi connectivity index (χ2v) is 4.84. The number of aliphatic hydroxyl groups is 1. The van der Waals surface area contributed by atoms with E-state index in [0.29, 0.717) is 19.5 Å². The molecule has 1 fully saturated rings. The lowest BCUT2D eigenvalue weighted by atomic mass is 10.1. The molecule has 0 aliphatic carbocycles. The molecule has 0 spiro atoms. The van der Waals surface area contributed by atoms with Crippen LogP contribution in [0, 0.1) is 6.92 Å². The summed E-state index contributed by atoms with van der Waals surface area (Å²) in [6.45, 7) is 3.23. The van der Waals surface area contributed by atoms with Crippen LogP contribution < -0.4 is 0 Å². The minimum atomic E-state index is -0.445. The molecular formula is C14H19NO3. The van der Waals surface area contributed by atoms with E-state index in [0.717, 1.165) is 5.56 Å². The van der Waals surface area contributed by atoms with Crippen LogP contribution >= 0.6 is 0 Å². The number of aliphatic hydroxyl groups excluding tert-OH is 1. The Hall–Kier alpha value is -1.39. The third-order valence-corrected chi connectivity index (χ3v) is 3.36. The quantitative estimate of drug-likeness (QED) is 0.815. The molecule has 1 aromatic rings. The van der Waals surface area contributed by atoms with Gasteiger partial charge in [0.1, 0.15) is 6.04 Å². The van der Waals surface area contributed by atoms with Gasteiger partial charge in [0.2, 0.25) is 0 Å². The Morgan fingerprint density at radius 1 is 1.44 bits per heavy atom. The van der Waals surface area contributed by atoms with Gasteiger partial charge in [-0.05, 0) is 12.5 Å². The number of hydrogen-bond acceptors (Lipinski definition) is 4. The van der Waals surface area contributed by atoms with E-state index >= 15 is 0 Å². The zero-order valence-electron chi connectivity index (χ0n) is 10.8. The lowest BCUT2D eigenvalue weighted by Gasteiger charge is -2.22. The summed E-state index contributed by atoms with van der Waals surface area (Å²) in [4.78, 5) is 13.6. The minimum absolute atomic E-state index is 0.265. The number of ether oxygens (including phenoxy) is 1. The van der Waals surface area contributed by atoms with E-state index in [4.69, 9.17) is 4.74 Å². The molecule has 1 heterocycles. The van der Waals surface area contributed by atoms with Crippen LogP contribution in [0.3, 0.4) is 0 Å². The van der Waals surface area contributed by atoms with Crippen molar-refractivity contribution in [3.8, 4) is 0 Å². The summed E-state index contributed by atoms with van der Waals surface area (Å²) in [7, 11) is 1.39. The Balaban J connectivity index is 2.07. The molecule has 1 N–H and O–H groups in total. The average Bonchev–Trinajstić information content (AvgIpc) is 2.72. The van der Waals surface area contributed by atoms with Crippen molar-refractivity contribution < 1.29 is 14.6 Å². The maximum absolute atomic E-state index is 11.6. The third-order valence-electron chi connectivity index (χ3n) is 3.36. The van der Waals surface area contributed by atoms with Gasteiger partial charge < -0.3 is 9.84 Å².